The van der Waals surface area contributed by atoms with Crippen molar-refractivity contribution in [2.75, 3.05) is 11.9 Å². The highest BCUT2D eigenvalue weighted by Gasteiger charge is 2.23. The monoisotopic (exact) mass is 303 g/mol. The van der Waals surface area contributed by atoms with E-state index in [-0.39, 0.29) is 0 Å². The summed E-state index contributed by atoms with van der Waals surface area (Å²) in [5.41, 5.74) is 7.56. The van der Waals surface area contributed by atoms with Gasteiger partial charge in [-0.3, -0.25) is 0 Å². The molecule has 0 radical (unpaired) electrons. The number of anilines is 1. The summed E-state index contributed by atoms with van der Waals surface area (Å²) in [7, 11) is 0. The summed E-state index contributed by atoms with van der Waals surface area (Å²) >= 11 is 0. The number of aromatic nitrogens is 2. The Morgan fingerprint density at radius 1 is 1.09 bits per heavy atom. The number of nitrogens with one attached hydrogen (secondary N) is 1. The molecule has 0 spiro atoms. The van der Waals surface area contributed by atoms with E-state index >= 15 is 0 Å². The molecule has 1 N–H and O–H groups in total. The Morgan fingerprint density at radius 3 is 2.74 bits per heavy atom. The largest absolute Gasteiger partial charge is 0.369 e. The van der Waals surface area contributed by atoms with Crippen molar-refractivity contribution in [3.05, 3.63) is 76.5 Å². The van der Waals surface area contributed by atoms with Gasteiger partial charge in [-0.15, -0.1) is 0 Å². The molecule has 1 aliphatic rings. The lowest BCUT2D eigenvalue weighted by molar-refractivity contribution is 0.834. The zero-order valence-corrected chi connectivity index (χ0v) is 13.6. The standard InChI is InChI=1S/C20H21N3/c1-14-8-9-15(2)19(12-14)23-20-17(10-11-21-20)18(22-23)13-16-6-4-3-5-7-16/h3-9,12,21H,10-11,13H2,1-2H3. The van der Waals surface area contributed by atoms with Crippen molar-refractivity contribution in [3.63, 3.8) is 0 Å². The fraction of sp³-hybridized carbons (Fsp3) is 0.250. The van der Waals surface area contributed by atoms with Crippen molar-refractivity contribution in [1.82, 2.24) is 9.78 Å². The molecule has 2 aromatic carbocycles. The van der Waals surface area contributed by atoms with Gasteiger partial charge >= 0.3 is 0 Å². The lowest BCUT2D eigenvalue weighted by atomic mass is 10.1. The number of hydrogen-bond donors (Lipinski definition) is 1. The molecule has 3 nitrogen and oxygen atoms in total. The van der Waals surface area contributed by atoms with Gasteiger partial charge in [-0.25, -0.2) is 4.68 Å². The summed E-state index contributed by atoms with van der Waals surface area (Å²) in [6.07, 6.45) is 1.95. The SMILES string of the molecule is Cc1ccc(C)c(-n2nc(Cc3ccccc3)c3c2NCC3)c1. The van der Waals surface area contributed by atoms with Crippen LogP contribution in [0.15, 0.2) is 48.5 Å². The van der Waals surface area contributed by atoms with E-state index in [1.165, 1.54) is 39.5 Å². The van der Waals surface area contributed by atoms with Crippen molar-refractivity contribution in [2.45, 2.75) is 26.7 Å². The molecular formula is C20H21N3. The summed E-state index contributed by atoms with van der Waals surface area (Å²) < 4.78 is 2.10. The van der Waals surface area contributed by atoms with Gasteiger partial charge in [0.2, 0.25) is 0 Å². The van der Waals surface area contributed by atoms with Gasteiger partial charge in [-0.05, 0) is 43.0 Å². The number of benzene rings is 2. The van der Waals surface area contributed by atoms with Crippen LogP contribution in [0.3, 0.4) is 0 Å². The molecule has 0 atom stereocenters. The minimum absolute atomic E-state index is 0.892. The maximum atomic E-state index is 4.95. The summed E-state index contributed by atoms with van der Waals surface area (Å²) in [6, 6.07) is 17.1. The van der Waals surface area contributed by atoms with Crippen molar-refractivity contribution in [2.24, 2.45) is 0 Å². The molecule has 3 aromatic rings. The van der Waals surface area contributed by atoms with Gasteiger partial charge in [0.15, 0.2) is 0 Å². The summed E-state index contributed by atoms with van der Waals surface area (Å²) in [6.45, 7) is 5.28. The lowest BCUT2D eigenvalue weighted by Gasteiger charge is -2.10. The zero-order chi connectivity index (χ0) is 15.8. The molecule has 0 saturated carbocycles. The molecule has 2 heterocycles. The summed E-state index contributed by atoms with van der Waals surface area (Å²) in [5, 5.41) is 8.47. The van der Waals surface area contributed by atoms with Crippen LogP contribution in [0.2, 0.25) is 0 Å². The molecule has 23 heavy (non-hydrogen) atoms. The quantitative estimate of drug-likeness (QED) is 0.791. The second-order valence-electron chi connectivity index (χ2n) is 6.31. The molecule has 0 aliphatic carbocycles. The van der Waals surface area contributed by atoms with Crippen LogP contribution in [0.1, 0.15) is 27.9 Å². The van der Waals surface area contributed by atoms with E-state index in [1.54, 1.807) is 0 Å². The van der Waals surface area contributed by atoms with Crippen LogP contribution in [-0.2, 0) is 12.8 Å². The van der Waals surface area contributed by atoms with Crippen LogP contribution in [-0.4, -0.2) is 16.3 Å². The van der Waals surface area contributed by atoms with Crippen LogP contribution in [0.25, 0.3) is 5.69 Å². The lowest BCUT2D eigenvalue weighted by Crippen LogP contribution is -2.06. The van der Waals surface area contributed by atoms with Gasteiger partial charge in [0.1, 0.15) is 5.82 Å². The van der Waals surface area contributed by atoms with Crippen molar-refractivity contribution >= 4 is 5.82 Å². The zero-order valence-electron chi connectivity index (χ0n) is 13.6. The minimum atomic E-state index is 0.892. The maximum absolute atomic E-state index is 4.95. The number of hydrogen-bond acceptors (Lipinski definition) is 2. The Kier molecular flexibility index (Phi) is 3.41. The maximum Gasteiger partial charge on any atom is 0.133 e. The van der Waals surface area contributed by atoms with Gasteiger partial charge in [-0.1, -0.05) is 42.5 Å². The van der Waals surface area contributed by atoms with E-state index in [1.807, 2.05) is 0 Å². The fourth-order valence-corrected chi connectivity index (χ4v) is 3.30. The molecule has 1 aromatic heterocycles. The van der Waals surface area contributed by atoms with Crippen LogP contribution in [0.4, 0.5) is 5.82 Å². The second kappa shape index (κ2) is 5.58. The van der Waals surface area contributed by atoms with Gasteiger partial charge < -0.3 is 5.32 Å². The molecular weight excluding hydrogens is 282 g/mol. The average molecular weight is 303 g/mol. The first-order valence-electron chi connectivity index (χ1n) is 8.18. The number of rotatable bonds is 3. The highest BCUT2D eigenvalue weighted by atomic mass is 15.3. The predicted molar refractivity (Wildman–Crippen MR) is 94.5 cm³/mol. The first kappa shape index (κ1) is 14.1. The normalized spacial score (nSPS) is 13.0. The van der Waals surface area contributed by atoms with E-state index in [2.05, 4.69) is 72.4 Å². The molecule has 116 valence electrons. The van der Waals surface area contributed by atoms with E-state index < -0.39 is 0 Å². The van der Waals surface area contributed by atoms with E-state index in [0.29, 0.717) is 0 Å². The Bertz CT molecular complexity index is 847. The third-order valence-corrected chi connectivity index (χ3v) is 4.54. The first-order valence-corrected chi connectivity index (χ1v) is 8.18. The van der Waals surface area contributed by atoms with Crippen LogP contribution in [0, 0.1) is 13.8 Å². The van der Waals surface area contributed by atoms with Gasteiger partial charge in [0.25, 0.3) is 0 Å². The highest BCUT2D eigenvalue weighted by molar-refractivity contribution is 5.59. The smallest absolute Gasteiger partial charge is 0.133 e. The van der Waals surface area contributed by atoms with E-state index in [9.17, 15) is 0 Å². The Balaban J connectivity index is 1.80. The van der Waals surface area contributed by atoms with Gasteiger partial charge in [-0.2, -0.15) is 5.10 Å². The summed E-state index contributed by atoms with van der Waals surface area (Å²) in [5.74, 6) is 1.17. The topological polar surface area (TPSA) is 29.9 Å². The highest BCUT2D eigenvalue weighted by Crippen LogP contribution is 2.31. The molecule has 3 heteroatoms. The van der Waals surface area contributed by atoms with Crippen LogP contribution < -0.4 is 5.32 Å². The second-order valence-corrected chi connectivity index (χ2v) is 6.31. The molecule has 0 amide bonds. The van der Waals surface area contributed by atoms with E-state index in [0.717, 1.165) is 19.4 Å². The molecule has 0 saturated heterocycles. The van der Waals surface area contributed by atoms with Crippen molar-refractivity contribution in [3.8, 4) is 5.69 Å². The van der Waals surface area contributed by atoms with E-state index in [4.69, 9.17) is 5.10 Å². The number of aryl methyl sites for hydroxylation is 2. The average Bonchev–Trinajstić information content (AvgIpc) is 3.15. The third-order valence-electron chi connectivity index (χ3n) is 4.54. The van der Waals surface area contributed by atoms with Crippen LogP contribution >= 0.6 is 0 Å². The molecule has 0 bridgehead atoms. The number of fused-ring (bicyclic) bond motifs is 1. The molecule has 4 rings (SSSR count). The molecule has 0 unspecified atom stereocenters. The minimum Gasteiger partial charge on any atom is -0.369 e. The predicted octanol–water partition coefficient (Wildman–Crippen LogP) is 4.05. The number of nitrogens with zero attached hydrogens (tertiary/aromatic N) is 2. The van der Waals surface area contributed by atoms with Gasteiger partial charge in [0, 0.05) is 18.5 Å². The van der Waals surface area contributed by atoms with Crippen LogP contribution in [0.5, 0.6) is 0 Å². The molecule has 1 aliphatic heterocycles. The van der Waals surface area contributed by atoms with Gasteiger partial charge in [0.05, 0.1) is 11.4 Å². The molecule has 0 fully saturated rings. The van der Waals surface area contributed by atoms with Crippen molar-refractivity contribution in [1.29, 1.82) is 0 Å². The first-order chi connectivity index (χ1) is 11.2. The van der Waals surface area contributed by atoms with Crippen molar-refractivity contribution < 1.29 is 0 Å². The Hall–Kier alpha value is -2.55. The Morgan fingerprint density at radius 2 is 1.91 bits per heavy atom. The fourth-order valence-electron chi connectivity index (χ4n) is 3.30. The third kappa shape index (κ3) is 2.52. The Labute approximate surface area is 137 Å². The summed E-state index contributed by atoms with van der Waals surface area (Å²) in [4.78, 5) is 0.